The van der Waals surface area contributed by atoms with Gasteiger partial charge in [-0.15, -0.1) is 0 Å². The molecule has 3 heteroatoms. The third kappa shape index (κ3) is 3.75. The number of ether oxygens (including phenoxy) is 2. The summed E-state index contributed by atoms with van der Waals surface area (Å²) < 4.78 is 10.9. The first-order valence-electron chi connectivity index (χ1n) is 8.98. The lowest BCUT2D eigenvalue weighted by molar-refractivity contribution is 0.0526. The molecule has 1 heterocycles. The fraction of sp³-hybridized carbons (Fsp3) is 0.348. The number of fused-ring (bicyclic) bond motifs is 1. The molecule has 2 aromatic carbocycles. The largest absolute Gasteiger partial charge is 0.493 e. The van der Waals surface area contributed by atoms with Gasteiger partial charge < -0.3 is 9.47 Å². The first-order valence-corrected chi connectivity index (χ1v) is 8.98. The van der Waals surface area contributed by atoms with Crippen molar-refractivity contribution in [1.29, 1.82) is 0 Å². The predicted molar refractivity (Wildman–Crippen MR) is 103 cm³/mol. The SMILES string of the molecule is CCOC(=O)c1cccc(C#Cc2cc3c(cc2C)OCCC3(C)C)c1. The van der Waals surface area contributed by atoms with Gasteiger partial charge in [0.2, 0.25) is 0 Å². The summed E-state index contributed by atoms with van der Waals surface area (Å²) in [6.45, 7) is 9.44. The summed E-state index contributed by atoms with van der Waals surface area (Å²) in [5.41, 5.74) is 4.69. The average Bonchev–Trinajstić information content (AvgIpc) is 2.60. The number of rotatable bonds is 2. The Morgan fingerprint density at radius 3 is 2.81 bits per heavy atom. The van der Waals surface area contributed by atoms with Crippen molar-refractivity contribution in [2.75, 3.05) is 13.2 Å². The topological polar surface area (TPSA) is 35.5 Å². The standard InChI is InChI=1S/C23H24O3/c1-5-25-22(24)19-8-6-7-17(14-19)9-10-18-15-20-21(13-16(18)2)26-12-11-23(20,3)4/h6-8,13-15H,5,11-12H2,1-4H3. The van der Waals surface area contributed by atoms with E-state index in [1.54, 1.807) is 19.1 Å². The fourth-order valence-corrected chi connectivity index (χ4v) is 3.09. The zero-order valence-electron chi connectivity index (χ0n) is 15.8. The van der Waals surface area contributed by atoms with Crippen LogP contribution in [0.2, 0.25) is 0 Å². The van der Waals surface area contributed by atoms with E-state index in [0.717, 1.165) is 35.5 Å². The van der Waals surface area contributed by atoms with Crippen molar-refractivity contribution in [3.63, 3.8) is 0 Å². The van der Waals surface area contributed by atoms with Gasteiger partial charge >= 0.3 is 5.97 Å². The van der Waals surface area contributed by atoms with E-state index in [9.17, 15) is 4.79 Å². The molecule has 1 aliphatic rings. The van der Waals surface area contributed by atoms with Gasteiger partial charge in [-0.05, 0) is 61.6 Å². The lowest BCUT2D eigenvalue weighted by Crippen LogP contribution is -2.26. The molecule has 0 unspecified atom stereocenters. The zero-order valence-corrected chi connectivity index (χ0v) is 15.8. The molecule has 0 aliphatic carbocycles. The molecular weight excluding hydrogens is 324 g/mol. The number of hydrogen-bond donors (Lipinski definition) is 0. The van der Waals surface area contributed by atoms with Crippen LogP contribution in [0.4, 0.5) is 0 Å². The lowest BCUT2D eigenvalue weighted by atomic mass is 9.78. The number of carbonyl (C=O) groups excluding carboxylic acids is 1. The third-order valence-corrected chi connectivity index (χ3v) is 4.76. The Morgan fingerprint density at radius 1 is 1.23 bits per heavy atom. The van der Waals surface area contributed by atoms with E-state index >= 15 is 0 Å². The van der Waals surface area contributed by atoms with Crippen molar-refractivity contribution >= 4 is 5.97 Å². The second kappa shape index (κ2) is 7.25. The van der Waals surface area contributed by atoms with Gasteiger partial charge in [-0.3, -0.25) is 0 Å². The number of benzene rings is 2. The molecule has 0 bridgehead atoms. The minimum absolute atomic E-state index is 0.0849. The van der Waals surface area contributed by atoms with Gasteiger partial charge in [0.25, 0.3) is 0 Å². The molecule has 0 spiro atoms. The normalized spacial score (nSPS) is 14.5. The van der Waals surface area contributed by atoms with Crippen molar-refractivity contribution in [2.45, 2.75) is 39.5 Å². The van der Waals surface area contributed by atoms with Crippen LogP contribution in [0, 0.1) is 18.8 Å². The van der Waals surface area contributed by atoms with Crippen molar-refractivity contribution in [3.05, 3.63) is 64.2 Å². The third-order valence-electron chi connectivity index (χ3n) is 4.76. The Balaban J connectivity index is 1.94. The van der Waals surface area contributed by atoms with Crippen LogP contribution in [-0.2, 0) is 10.2 Å². The van der Waals surface area contributed by atoms with E-state index in [-0.39, 0.29) is 11.4 Å². The fourth-order valence-electron chi connectivity index (χ4n) is 3.09. The molecule has 0 radical (unpaired) electrons. The molecule has 0 amide bonds. The summed E-state index contributed by atoms with van der Waals surface area (Å²) in [6, 6.07) is 11.5. The predicted octanol–water partition coefficient (Wildman–Crippen LogP) is 4.63. The number of hydrogen-bond acceptors (Lipinski definition) is 3. The van der Waals surface area contributed by atoms with Crippen LogP contribution in [0.3, 0.4) is 0 Å². The van der Waals surface area contributed by atoms with Crippen LogP contribution in [0.15, 0.2) is 36.4 Å². The molecule has 0 saturated carbocycles. The molecule has 1 aliphatic heterocycles. The van der Waals surface area contributed by atoms with Gasteiger partial charge in [-0.2, -0.15) is 0 Å². The van der Waals surface area contributed by atoms with Crippen LogP contribution < -0.4 is 4.74 Å². The van der Waals surface area contributed by atoms with E-state index in [2.05, 4.69) is 37.8 Å². The van der Waals surface area contributed by atoms with Crippen molar-refractivity contribution in [2.24, 2.45) is 0 Å². The van der Waals surface area contributed by atoms with Crippen LogP contribution >= 0.6 is 0 Å². The molecule has 26 heavy (non-hydrogen) atoms. The summed E-state index contributed by atoms with van der Waals surface area (Å²) in [4.78, 5) is 11.9. The van der Waals surface area contributed by atoms with E-state index in [0.29, 0.717) is 12.2 Å². The van der Waals surface area contributed by atoms with Crippen LogP contribution in [-0.4, -0.2) is 19.2 Å². The maximum Gasteiger partial charge on any atom is 0.338 e. The Hall–Kier alpha value is -2.73. The lowest BCUT2D eigenvalue weighted by Gasteiger charge is -2.33. The zero-order chi connectivity index (χ0) is 18.7. The van der Waals surface area contributed by atoms with Gasteiger partial charge in [-0.25, -0.2) is 4.79 Å². The molecule has 0 fully saturated rings. The van der Waals surface area contributed by atoms with Gasteiger partial charge in [0.1, 0.15) is 5.75 Å². The van der Waals surface area contributed by atoms with E-state index < -0.39 is 0 Å². The molecule has 0 N–H and O–H groups in total. The highest BCUT2D eigenvalue weighted by molar-refractivity contribution is 5.89. The molecule has 134 valence electrons. The second-order valence-corrected chi connectivity index (χ2v) is 7.20. The summed E-state index contributed by atoms with van der Waals surface area (Å²) in [5, 5.41) is 0. The Morgan fingerprint density at radius 2 is 2.04 bits per heavy atom. The average molecular weight is 348 g/mol. The van der Waals surface area contributed by atoms with E-state index in [1.807, 2.05) is 19.1 Å². The Labute approximate surface area is 155 Å². The number of esters is 1. The van der Waals surface area contributed by atoms with Crippen molar-refractivity contribution in [1.82, 2.24) is 0 Å². The molecule has 3 nitrogen and oxygen atoms in total. The molecule has 3 rings (SSSR count). The summed E-state index contributed by atoms with van der Waals surface area (Å²) >= 11 is 0. The second-order valence-electron chi connectivity index (χ2n) is 7.20. The van der Waals surface area contributed by atoms with Crippen molar-refractivity contribution < 1.29 is 14.3 Å². The smallest absolute Gasteiger partial charge is 0.338 e. The first-order chi connectivity index (χ1) is 12.4. The minimum Gasteiger partial charge on any atom is -0.493 e. The Kier molecular flexibility index (Phi) is 5.04. The minimum atomic E-state index is -0.319. The Bertz CT molecular complexity index is 897. The maximum absolute atomic E-state index is 11.9. The number of carbonyl (C=O) groups is 1. The molecule has 0 atom stereocenters. The molecule has 0 aromatic heterocycles. The number of aryl methyl sites for hydroxylation is 1. The van der Waals surface area contributed by atoms with Crippen molar-refractivity contribution in [3.8, 4) is 17.6 Å². The van der Waals surface area contributed by atoms with E-state index in [1.165, 1.54) is 5.56 Å². The highest BCUT2D eigenvalue weighted by Crippen LogP contribution is 2.39. The first kappa shape index (κ1) is 18.1. The molecular formula is C23H24O3. The maximum atomic E-state index is 11.9. The quantitative estimate of drug-likeness (QED) is 0.586. The van der Waals surface area contributed by atoms with E-state index in [4.69, 9.17) is 9.47 Å². The summed E-state index contributed by atoms with van der Waals surface area (Å²) in [6.07, 6.45) is 0.998. The highest BCUT2D eigenvalue weighted by Gasteiger charge is 2.29. The van der Waals surface area contributed by atoms with Gasteiger partial charge in [0.15, 0.2) is 0 Å². The van der Waals surface area contributed by atoms with Crippen LogP contribution in [0.25, 0.3) is 0 Å². The summed E-state index contributed by atoms with van der Waals surface area (Å²) in [7, 11) is 0. The van der Waals surface area contributed by atoms with Gasteiger partial charge in [-0.1, -0.05) is 31.8 Å². The van der Waals surface area contributed by atoms with Gasteiger partial charge in [0, 0.05) is 16.7 Å². The van der Waals surface area contributed by atoms with Crippen LogP contribution in [0.5, 0.6) is 5.75 Å². The molecule has 2 aromatic rings. The molecule has 0 saturated heterocycles. The summed E-state index contributed by atoms with van der Waals surface area (Å²) in [5.74, 6) is 7.08. The van der Waals surface area contributed by atoms with Gasteiger partial charge in [0.05, 0.1) is 18.8 Å². The van der Waals surface area contributed by atoms with Crippen LogP contribution in [0.1, 0.15) is 59.8 Å². The highest BCUT2D eigenvalue weighted by atomic mass is 16.5. The monoisotopic (exact) mass is 348 g/mol.